The van der Waals surface area contributed by atoms with Gasteiger partial charge >= 0.3 is 11.5 Å². The van der Waals surface area contributed by atoms with E-state index in [4.69, 9.17) is 21.1 Å². The Hall–Kier alpha value is -1.56. The van der Waals surface area contributed by atoms with E-state index in [0.717, 1.165) is 4.68 Å². The smallest absolute Gasteiger partial charge is 0.313 e. The van der Waals surface area contributed by atoms with Crippen LogP contribution in [0.4, 0.5) is 0 Å². The second-order valence-corrected chi connectivity index (χ2v) is 4.66. The Kier molecular flexibility index (Phi) is 3.30. The van der Waals surface area contributed by atoms with Crippen LogP contribution in [0.25, 0.3) is 0 Å². The zero-order valence-corrected chi connectivity index (χ0v) is 10.9. The summed E-state index contributed by atoms with van der Waals surface area (Å²) in [5.74, 6) is -0.217. The van der Waals surface area contributed by atoms with Crippen molar-refractivity contribution < 1.29 is 14.3 Å². The molecule has 1 aliphatic carbocycles. The quantitative estimate of drug-likeness (QED) is 0.760. The first-order chi connectivity index (χ1) is 8.52. The van der Waals surface area contributed by atoms with E-state index in [1.165, 1.54) is 20.3 Å². The molecule has 1 heterocycles. The van der Waals surface area contributed by atoms with E-state index in [1.807, 2.05) is 0 Å². The van der Waals surface area contributed by atoms with Crippen molar-refractivity contribution in [3.8, 4) is 5.75 Å². The van der Waals surface area contributed by atoms with Crippen LogP contribution in [0, 0.1) is 5.41 Å². The maximum Gasteiger partial charge on any atom is 0.313 e. The normalized spacial score (nSPS) is 16.2. The SMILES string of the molecule is COC(=O)C1(Cn2nc(Cl)cc(OC)c2=O)CC1. The Morgan fingerprint density at radius 2 is 2.22 bits per heavy atom. The van der Waals surface area contributed by atoms with Gasteiger partial charge in [-0.05, 0) is 12.8 Å². The molecule has 1 aliphatic rings. The molecule has 1 saturated carbocycles. The molecule has 18 heavy (non-hydrogen) atoms. The molecule has 7 heteroatoms. The van der Waals surface area contributed by atoms with Gasteiger partial charge in [0, 0.05) is 6.07 Å². The molecule has 6 nitrogen and oxygen atoms in total. The molecular formula is C11H13ClN2O4. The number of hydrogen-bond donors (Lipinski definition) is 0. The number of carbonyl (C=O) groups excluding carboxylic acids is 1. The number of nitrogens with zero attached hydrogens (tertiary/aromatic N) is 2. The van der Waals surface area contributed by atoms with Crippen molar-refractivity contribution in [1.29, 1.82) is 0 Å². The fourth-order valence-corrected chi connectivity index (χ4v) is 2.01. The van der Waals surface area contributed by atoms with Gasteiger partial charge in [0.25, 0.3) is 0 Å². The van der Waals surface area contributed by atoms with Crippen molar-refractivity contribution in [1.82, 2.24) is 9.78 Å². The van der Waals surface area contributed by atoms with Crippen LogP contribution in [-0.4, -0.2) is 30.0 Å². The van der Waals surface area contributed by atoms with E-state index >= 15 is 0 Å². The minimum Gasteiger partial charge on any atom is -0.491 e. The molecule has 2 rings (SSSR count). The average molecular weight is 273 g/mol. The maximum absolute atomic E-state index is 11.9. The van der Waals surface area contributed by atoms with Gasteiger partial charge in [0.2, 0.25) is 0 Å². The molecule has 0 saturated heterocycles. The standard InChI is InChI=1S/C11H13ClN2O4/c1-17-7-5-8(12)13-14(9(7)15)6-11(3-4-11)10(16)18-2/h5H,3-4,6H2,1-2H3. The number of rotatable bonds is 4. The van der Waals surface area contributed by atoms with Crippen molar-refractivity contribution in [3.63, 3.8) is 0 Å². The summed E-state index contributed by atoms with van der Waals surface area (Å²) in [4.78, 5) is 23.6. The van der Waals surface area contributed by atoms with Crippen LogP contribution in [0.3, 0.4) is 0 Å². The van der Waals surface area contributed by atoms with Gasteiger partial charge in [-0.15, -0.1) is 0 Å². The van der Waals surface area contributed by atoms with Crippen LogP contribution >= 0.6 is 11.6 Å². The number of halogens is 1. The zero-order chi connectivity index (χ0) is 13.3. The predicted molar refractivity (Wildman–Crippen MR) is 63.7 cm³/mol. The van der Waals surface area contributed by atoms with E-state index in [9.17, 15) is 9.59 Å². The molecule has 0 atom stereocenters. The number of aromatic nitrogens is 2. The van der Waals surface area contributed by atoms with Crippen molar-refractivity contribution >= 4 is 17.6 Å². The number of carbonyl (C=O) groups is 1. The van der Waals surface area contributed by atoms with Gasteiger partial charge in [0.05, 0.1) is 26.2 Å². The lowest BCUT2D eigenvalue weighted by atomic mass is 10.1. The lowest BCUT2D eigenvalue weighted by Crippen LogP contribution is -2.32. The Morgan fingerprint density at radius 1 is 1.56 bits per heavy atom. The molecule has 0 aromatic carbocycles. The van der Waals surface area contributed by atoms with Gasteiger partial charge in [0.1, 0.15) is 0 Å². The highest BCUT2D eigenvalue weighted by Crippen LogP contribution is 2.47. The monoisotopic (exact) mass is 272 g/mol. The minimum absolute atomic E-state index is 0.107. The fraction of sp³-hybridized carbons (Fsp3) is 0.545. The van der Waals surface area contributed by atoms with Crippen molar-refractivity contribution in [2.75, 3.05) is 14.2 Å². The highest BCUT2D eigenvalue weighted by Gasteiger charge is 2.52. The highest BCUT2D eigenvalue weighted by atomic mass is 35.5. The van der Waals surface area contributed by atoms with Crippen LogP contribution in [0.1, 0.15) is 12.8 Å². The van der Waals surface area contributed by atoms with E-state index in [2.05, 4.69) is 5.10 Å². The van der Waals surface area contributed by atoms with Crippen molar-refractivity contribution in [3.05, 3.63) is 21.6 Å². The van der Waals surface area contributed by atoms with Crippen LogP contribution in [-0.2, 0) is 16.1 Å². The molecule has 0 amide bonds. The number of esters is 1. The molecule has 0 spiro atoms. The van der Waals surface area contributed by atoms with Gasteiger partial charge in [-0.1, -0.05) is 11.6 Å². The number of ether oxygens (including phenoxy) is 2. The summed E-state index contributed by atoms with van der Waals surface area (Å²) in [6.07, 6.45) is 1.37. The van der Waals surface area contributed by atoms with Gasteiger partial charge in [0.15, 0.2) is 10.9 Å². The fourth-order valence-electron chi connectivity index (χ4n) is 1.82. The Bertz CT molecular complexity index is 536. The lowest BCUT2D eigenvalue weighted by Gasteiger charge is -2.14. The summed E-state index contributed by atoms with van der Waals surface area (Å²) >= 11 is 5.80. The minimum atomic E-state index is -0.638. The van der Waals surface area contributed by atoms with Crippen LogP contribution in [0.2, 0.25) is 5.15 Å². The number of methoxy groups -OCH3 is 2. The first kappa shape index (κ1) is 12.9. The van der Waals surface area contributed by atoms with Crippen molar-refractivity contribution in [2.45, 2.75) is 19.4 Å². The van der Waals surface area contributed by atoms with E-state index < -0.39 is 11.0 Å². The predicted octanol–water partition coefficient (Wildman–Crippen LogP) is 0.859. The van der Waals surface area contributed by atoms with Crippen LogP contribution < -0.4 is 10.3 Å². The summed E-state index contributed by atoms with van der Waals surface area (Å²) in [5, 5.41) is 4.05. The summed E-state index contributed by atoms with van der Waals surface area (Å²) in [6, 6.07) is 1.35. The summed E-state index contributed by atoms with van der Waals surface area (Å²) in [5.41, 5.74) is -1.04. The highest BCUT2D eigenvalue weighted by molar-refractivity contribution is 6.29. The third-order valence-electron chi connectivity index (χ3n) is 3.06. The van der Waals surface area contributed by atoms with Crippen LogP contribution in [0.15, 0.2) is 10.9 Å². The van der Waals surface area contributed by atoms with Crippen molar-refractivity contribution in [2.24, 2.45) is 5.41 Å². The average Bonchev–Trinajstić information content (AvgIpc) is 3.13. The first-order valence-electron chi connectivity index (χ1n) is 5.42. The topological polar surface area (TPSA) is 70.4 Å². The molecule has 0 unspecified atom stereocenters. The first-order valence-corrected chi connectivity index (χ1v) is 5.80. The molecule has 1 aromatic heterocycles. The second kappa shape index (κ2) is 4.61. The second-order valence-electron chi connectivity index (χ2n) is 4.27. The zero-order valence-electron chi connectivity index (χ0n) is 10.1. The molecule has 1 fully saturated rings. The molecule has 98 valence electrons. The Morgan fingerprint density at radius 3 is 2.72 bits per heavy atom. The van der Waals surface area contributed by atoms with E-state index in [1.54, 1.807) is 0 Å². The molecule has 1 aromatic rings. The van der Waals surface area contributed by atoms with E-state index in [0.29, 0.717) is 12.8 Å². The summed E-state index contributed by atoms with van der Waals surface area (Å²) in [7, 11) is 2.71. The lowest BCUT2D eigenvalue weighted by molar-refractivity contribution is -0.147. The van der Waals surface area contributed by atoms with Gasteiger partial charge in [-0.3, -0.25) is 9.59 Å². The third kappa shape index (κ3) is 2.20. The molecule has 0 radical (unpaired) electrons. The third-order valence-corrected chi connectivity index (χ3v) is 3.24. The van der Waals surface area contributed by atoms with Gasteiger partial charge < -0.3 is 9.47 Å². The van der Waals surface area contributed by atoms with Gasteiger partial charge in [-0.25, -0.2) is 4.68 Å². The van der Waals surface area contributed by atoms with Crippen LogP contribution in [0.5, 0.6) is 5.75 Å². The van der Waals surface area contributed by atoms with E-state index in [-0.39, 0.29) is 23.4 Å². The molecule has 0 N–H and O–H groups in total. The largest absolute Gasteiger partial charge is 0.491 e. The maximum atomic E-state index is 11.9. The summed E-state index contributed by atoms with van der Waals surface area (Å²) in [6.45, 7) is 0.162. The molecule has 0 aliphatic heterocycles. The Labute approximate surface area is 108 Å². The molecule has 0 bridgehead atoms. The molecular weight excluding hydrogens is 260 g/mol. The van der Waals surface area contributed by atoms with Gasteiger partial charge in [-0.2, -0.15) is 5.10 Å². The summed E-state index contributed by atoms with van der Waals surface area (Å²) < 4.78 is 10.8. The number of hydrogen-bond acceptors (Lipinski definition) is 5. The Balaban J connectivity index is 2.33.